The lowest BCUT2D eigenvalue weighted by Gasteiger charge is -2.16. The van der Waals surface area contributed by atoms with Crippen molar-refractivity contribution in [1.82, 2.24) is 9.55 Å². The summed E-state index contributed by atoms with van der Waals surface area (Å²) in [5, 5.41) is 2.98. The molecule has 0 aliphatic carbocycles. The Morgan fingerprint density at radius 3 is 2.73 bits per heavy atom. The molecule has 2 amide bonds. The largest absolute Gasteiger partial charge is 0.385 e. The van der Waals surface area contributed by atoms with Crippen molar-refractivity contribution in [2.75, 3.05) is 30.5 Å². The summed E-state index contributed by atoms with van der Waals surface area (Å²) >= 11 is 0. The third-order valence-electron chi connectivity index (χ3n) is 5.46. The van der Waals surface area contributed by atoms with Crippen LogP contribution in [0.25, 0.3) is 11.0 Å². The van der Waals surface area contributed by atoms with Gasteiger partial charge >= 0.3 is 0 Å². The molecule has 0 saturated carbocycles. The van der Waals surface area contributed by atoms with E-state index in [1.807, 2.05) is 60.0 Å². The zero-order valence-corrected chi connectivity index (χ0v) is 17.3. The van der Waals surface area contributed by atoms with E-state index in [2.05, 4.69) is 10.3 Å². The Kier molecular flexibility index (Phi) is 5.81. The lowest BCUT2D eigenvalue weighted by molar-refractivity contribution is -0.124. The van der Waals surface area contributed by atoms with Crippen molar-refractivity contribution in [1.29, 1.82) is 0 Å². The number of para-hydroxylation sites is 3. The summed E-state index contributed by atoms with van der Waals surface area (Å²) in [6.45, 7) is 3.11. The molecule has 1 aromatic heterocycles. The highest BCUT2D eigenvalue weighted by molar-refractivity contribution is 6.05. The average molecular weight is 406 g/mol. The Morgan fingerprint density at radius 1 is 1.17 bits per heavy atom. The number of hydrogen-bond acceptors (Lipinski definition) is 4. The van der Waals surface area contributed by atoms with Gasteiger partial charge < -0.3 is 10.1 Å². The molecule has 1 aliphatic heterocycles. The van der Waals surface area contributed by atoms with E-state index in [-0.39, 0.29) is 18.2 Å². The van der Waals surface area contributed by atoms with Gasteiger partial charge in [-0.15, -0.1) is 0 Å². The molecule has 0 saturated heterocycles. The predicted molar refractivity (Wildman–Crippen MR) is 117 cm³/mol. The molecule has 2 aromatic carbocycles. The number of anilines is 2. The first-order valence-electron chi connectivity index (χ1n) is 10.3. The predicted octanol–water partition coefficient (Wildman–Crippen LogP) is 3.55. The maximum atomic E-state index is 13.2. The first-order valence-corrected chi connectivity index (χ1v) is 10.3. The van der Waals surface area contributed by atoms with Gasteiger partial charge in [-0.2, -0.15) is 0 Å². The van der Waals surface area contributed by atoms with Crippen molar-refractivity contribution in [3.05, 3.63) is 54.1 Å². The number of imidazole rings is 1. The van der Waals surface area contributed by atoms with Gasteiger partial charge in [-0.3, -0.25) is 19.1 Å². The monoisotopic (exact) mass is 406 g/mol. The SMILES string of the molecule is CCc1ccccc1NC(=O)C[C@H]1C(=O)N(CCCOC)c2nc3ccccc3n21. The van der Waals surface area contributed by atoms with Gasteiger partial charge in [0.2, 0.25) is 11.9 Å². The van der Waals surface area contributed by atoms with Gasteiger partial charge in [-0.05, 0) is 36.6 Å². The third kappa shape index (κ3) is 3.68. The summed E-state index contributed by atoms with van der Waals surface area (Å²) in [7, 11) is 1.64. The number of hydrogen-bond donors (Lipinski definition) is 1. The summed E-state index contributed by atoms with van der Waals surface area (Å²) in [6, 6.07) is 14.8. The smallest absolute Gasteiger partial charge is 0.253 e. The highest BCUT2D eigenvalue weighted by atomic mass is 16.5. The number of nitrogens with zero attached hydrogens (tertiary/aromatic N) is 3. The lowest BCUT2D eigenvalue weighted by Crippen LogP contribution is -2.32. The van der Waals surface area contributed by atoms with Crippen LogP contribution in [0, 0.1) is 0 Å². The van der Waals surface area contributed by atoms with Crippen LogP contribution in [-0.4, -0.2) is 41.6 Å². The van der Waals surface area contributed by atoms with Crippen molar-refractivity contribution < 1.29 is 14.3 Å². The normalized spacial score (nSPS) is 15.6. The van der Waals surface area contributed by atoms with Crippen molar-refractivity contribution in [2.45, 2.75) is 32.2 Å². The lowest BCUT2D eigenvalue weighted by atomic mass is 10.1. The number of fused-ring (bicyclic) bond motifs is 3. The number of aromatic nitrogens is 2. The standard InChI is InChI=1S/C23H26N4O3/c1-3-16-9-4-5-10-17(16)24-21(28)15-20-22(29)26(13-8-14-30-2)23-25-18-11-6-7-12-19(18)27(20)23/h4-7,9-12,20H,3,8,13-15H2,1-2H3,(H,24,28)/t20-/m0/s1. The molecule has 30 heavy (non-hydrogen) atoms. The van der Waals surface area contributed by atoms with E-state index in [1.54, 1.807) is 12.0 Å². The van der Waals surface area contributed by atoms with Crippen molar-refractivity contribution >= 4 is 34.5 Å². The Labute approximate surface area is 175 Å². The third-order valence-corrected chi connectivity index (χ3v) is 5.46. The summed E-state index contributed by atoms with van der Waals surface area (Å²) in [5.74, 6) is 0.319. The van der Waals surface area contributed by atoms with Crippen LogP contribution in [0.5, 0.6) is 0 Å². The van der Waals surface area contributed by atoms with Crippen molar-refractivity contribution in [2.24, 2.45) is 0 Å². The molecule has 0 unspecified atom stereocenters. The number of nitrogens with one attached hydrogen (secondary N) is 1. The second-order valence-electron chi connectivity index (χ2n) is 7.39. The number of rotatable bonds is 8. The summed E-state index contributed by atoms with van der Waals surface area (Å²) in [4.78, 5) is 32.4. The number of carbonyl (C=O) groups is 2. The first-order chi connectivity index (χ1) is 14.6. The van der Waals surface area contributed by atoms with Crippen LogP contribution in [-0.2, 0) is 20.7 Å². The van der Waals surface area contributed by atoms with Gasteiger partial charge in [0, 0.05) is 25.9 Å². The Balaban J connectivity index is 1.61. The minimum absolute atomic E-state index is 0.0605. The van der Waals surface area contributed by atoms with Crippen LogP contribution in [0.15, 0.2) is 48.5 Å². The minimum Gasteiger partial charge on any atom is -0.385 e. The molecule has 4 rings (SSSR count). The summed E-state index contributed by atoms with van der Waals surface area (Å²) in [6.07, 6.45) is 1.58. The molecule has 1 atom stereocenters. The fourth-order valence-corrected chi connectivity index (χ4v) is 4.00. The van der Waals surface area contributed by atoms with Crippen LogP contribution in [0.1, 0.15) is 31.4 Å². The zero-order valence-electron chi connectivity index (χ0n) is 17.3. The molecular weight excluding hydrogens is 380 g/mol. The van der Waals surface area contributed by atoms with Crippen molar-refractivity contribution in [3.63, 3.8) is 0 Å². The van der Waals surface area contributed by atoms with Gasteiger partial charge in [-0.1, -0.05) is 37.3 Å². The van der Waals surface area contributed by atoms with Gasteiger partial charge in [0.05, 0.1) is 17.5 Å². The number of methoxy groups -OCH3 is 1. The molecule has 0 radical (unpaired) electrons. The maximum Gasteiger partial charge on any atom is 0.253 e. The molecule has 7 nitrogen and oxygen atoms in total. The van der Waals surface area contributed by atoms with E-state index in [0.29, 0.717) is 25.5 Å². The fraction of sp³-hybridized carbons (Fsp3) is 0.348. The van der Waals surface area contributed by atoms with Gasteiger partial charge in [0.25, 0.3) is 5.91 Å². The highest BCUT2D eigenvalue weighted by Gasteiger charge is 2.40. The van der Waals surface area contributed by atoms with Gasteiger partial charge in [0.15, 0.2) is 0 Å². The molecular formula is C23H26N4O3. The molecule has 0 bridgehead atoms. The second kappa shape index (κ2) is 8.67. The highest BCUT2D eigenvalue weighted by Crippen LogP contribution is 2.36. The van der Waals surface area contributed by atoms with Gasteiger partial charge in [0.1, 0.15) is 6.04 Å². The number of ether oxygens (including phenoxy) is 1. The van der Waals surface area contributed by atoms with Crippen LogP contribution in [0.4, 0.5) is 11.6 Å². The van der Waals surface area contributed by atoms with E-state index in [0.717, 1.165) is 28.7 Å². The summed E-state index contributed by atoms with van der Waals surface area (Å²) in [5.41, 5.74) is 3.54. The zero-order chi connectivity index (χ0) is 21.1. The Morgan fingerprint density at radius 2 is 1.93 bits per heavy atom. The molecule has 7 heteroatoms. The average Bonchev–Trinajstić information content (AvgIpc) is 3.24. The Hall–Kier alpha value is -3.19. The van der Waals surface area contributed by atoms with Crippen LogP contribution >= 0.6 is 0 Å². The quantitative estimate of drug-likeness (QED) is 0.581. The maximum absolute atomic E-state index is 13.2. The molecule has 2 heterocycles. The van der Waals surface area contributed by atoms with E-state index in [9.17, 15) is 9.59 Å². The molecule has 0 spiro atoms. The van der Waals surface area contributed by atoms with Crippen LogP contribution in [0.2, 0.25) is 0 Å². The van der Waals surface area contributed by atoms with E-state index >= 15 is 0 Å². The second-order valence-corrected chi connectivity index (χ2v) is 7.39. The van der Waals surface area contributed by atoms with Gasteiger partial charge in [-0.25, -0.2) is 4.98 Å². The molecule has 0 fully saturated rings. The minimum atomic E-state index is -0.608. The number of aryl methyl sites for hydroxylation is 1. The molecule has 3 aromatic rings. The van der Waals surface area contributed by atoms with Crippen LogP contribution in [0.3, 0.4) is 0 Å². The molecule has 156 valence electrons. The molecule has 1 aliphatic rings. The summed E-state index contributed by atoms with van der Waals surface area (Å²) < 4.78 is 7.03. The first kappa shape index (κ1) is 20.1. The van der Waals surface area contributed by atoms with E-state index in [4.69, 9.17) is 4.74 Å². The topological polar surface area (TPSA) is 76.5 Å². The number of benzene rings is 2. The fourth-order valence-electron chi connectivity index (χ4n) is 4.00. The number of amides is 2. The van der Waals surface area contributed by atoms with E-state index in [1.165, 1.54) is 0 Å². The van der Waals surface area contributed by atoms with Crippen molar-refractivity contribution in [3.8, 4) is 0 Å². The molecule has 1 N–H and O–H groups in total. The van der Waals surface area contributed by atoms with E-state index < -0.39 is 6.04 Å². The van der Waals surface area contributed by atoms with Crippen LogP contribution < -0.4 is 10.2 Å². The Bertz CT molecular complexity index is 1080. The number of carbonyl (C=O) groups excluding carboxylic acids is 2.